The Kier molecular flexibility index (Phi) is 2.56. The Hall–Kier alpha value is -0.870. The van der Waals surface area contributed by atoms with Crippen LogP contribution in [0.15, 0.2) is 22.7 Å². The van der Waals surface area contributed by atoms with Crippen LogP contribution in [0.1, 0.15) is 17.9 Å². The van der Waals surface area contributed by atoms with E-state index in [4.69, 9.17) is 5.73 Å². The van der Waals surface area contributed by atoms with E-state index < -0.39 is 0 Å². The summed E-state index contributed by atoms with van der Waals surface area (Å²) >= 11 is 3.39. The molecule has 1 amide bonds. The lowest BCUT2D eigenvalue weighted by molar-refractivity contribution is -0.117. The van der Waals surface area contributed by atoms with Crippen LogP contribution in [0.3, 0.4) is 0 Å². The van der Waals surface area contributed by atoms with Crippen LogP contribution in [-0.4, -0.2) is 12.5 Å². The molecule has 1 aliphatic heterocycles. The smallest absolute Gasteiger partial charge is 0.232 e. The van der Waals surface area contributed by atoms with Gasteiger partial charge in [-0.25, -0.2) is 0 Å². The molecule has 1 aromatic rings. The Morgan fingerprint density at radius 1 is 1.50 bits per heavy atom. The predicted molar refractivity (Wildman–Crippen MR) is 59.2 cm³/mol. The van der Waals surface area contributed by atoms with Crippen molar-refractivity contribution in [2.75, 3.05) is 11.9 Å². The van der Waals surface area contributed by atoms with E-state index >= 15 is 0 Å². The van der Waals surface area contributed by atoms with E-state index in [0.717, 1.165) is 15.7 Å². The summed E-state index contributed by atoms with van der Waals surface area (Å²) in [5.41, 5.74) is 7.44. The summed E-state index contributed by atoms with van der Waals surface area (Å²) in [5.74, 6) is -0.0175. The average Bonchev–Trinajstić information content (AvgIpc) is 2.45. The minimum absolute atomic E-state index is 0.0588. The van der Waals surface area contributed by atoms with Crippen molar-refractivity contribution in [1.29, 1.82) is 0 Å². The van der Waals surface area contributed by atoms with Gasteiger partial charge in [0, 0.05) is 10.2 Å². The minimum atomic E-state index is -0.0764. The van der Waals surface area contributed by atoms with Gasteiger partial charge in [-0.3, -0.25) is 4.79 Å². The minimum Gasteiger partial charge on any atom is -0.330 e. The Balaban J connectivity index is 2.39. The fourth-order valence-corrected chi connectivity index (χ4v) is 2.13. The van der Waals surface area contributed by atoms with Gasteiger partial charge in [0.1, 0.15) is 0 Å². The Bertz CT molecular complexity index is 378. The molecule has 4 heteroatoms. The molecule has 1 unspecified atom stereocenters. The van der Waals surface area contributed by atoms with Crippen LogP contribution in [-0.2, 0) is 4.79 Å². The number of nitrogens with two attached hydrogens (primary N) is 1. The van der Waals surface area contributed by atoms with Crippen molar-refractivity contribution in [3.05, 3.63) is 28.2 Å². The van der Waals surface area contributed by atoms with Crippen LogP contribution >= 0.6 is 15.9 Å². The maximum absolute atomic E-state index is 11.6. The maximum Gasteiger partial charge on any atom is 0.232 e. The highest BCUT2D eigenvalue weighted by Gasteiger charge is 2.29. The third kappa shape index (κ3) is 1.55. The molecule has 3 nitrogen and oxygen atoms in total. The fraction of sp³-hybridized carbons (Fsp3) is 0.300. The molecule has 3 N–H and O–H groups in total. The fourth-order valence-electron chi connectivity index (χ4n) is 1.75. The van der Waals surface area contributed by atoms with Crippen molar-refractivity contribution in [1.82, 2.24) is 0 Å². The molecule has 1 aromatic carbocycles. The lowest BCUT2D eigenvalue weighted by Gasteiger charge is -2.06. The van der Waals surface area contributed by atoms with Gasteiger partial charge in [-0.05, 0) is 36.7 Å². The summed E-state index contributed by atoms with van der Waals surface area (Å²) in [6, 6.07) is 5.81. The van der Waals surface area contributed by atoms with E-state index in [9.17, 15) is 4.79 Å². The maximum atomic E-state index is 11.6. The molecule has 0 aliphatic carbocycles. The third-order valence-corrected chi connectivity index (χ3v) is 2.91. The summed E-state index contributed by atoms with van der Waals surface area (Å²) in [6.07, 6.45) is 0.704. The molecule has 0 fully saturated rings. The van der Waals surface area contributed by atoms with E-state index in [1.54, 1.807) is 0 Å². The van der Waals surface area contributed by atoms with Crippen molar-refractivity contribution >= 4 is 27.5 Å². The third-order valence-electron chi connectivity index (χ3n) is 2.42. The predicted octanol–water partition coefficient (Wildman–Crippen LogP) is 1.83. The summed E-state index contributed by atoms with van der Waals surface area (Å²) in [7, 11) is 0. The highest BCUT2D eigenvalue weighted by molar-refractivity contribution is 9.10. The van der Waals surface area contributed by atoms with E-state index in [0.29, 0.717) is 13.0 Å². The standard InChI is InChI=1S/C10H11BrN2O/c11-6-1-2-9-8(5-6)7(3-4-12)10(14)13-9/h1-2,5,7H,3-4,12H2,(H,13,14). The number of hydrogen-bond acceptors (Lipinski definition) is 2. The van der Waals surface area contributed by atoms with Gasteiger partial charge >= 0.3 is 0 Å². The SMILES string of the molecule is NCCC1C(=O)Nc2ccc(Br)cc21. The van der Waals surface area contributed by atoms with Gasteiger partial charge in [0.05, 0.1) is 5.92 Å². The van der Waals surface area contributed by atoms with Gasteiger partial charge < -0.3 is 11.1 Å². The van der Waals surface area contributed by atoms with Crippen molar-refractivity contribution < 1.29 is 4.79 Å². The first-order chi connectivity index (χ1) is 6.72. The summed E-state index contributed by atoms with van der Waals surface area (Å²) in [4.78, 5) is 11.6. The molecular weight excluding hydrogens is 244 g/mol. The topological polar surface area (TPSA) is 55.1 Å². The van der Waals surface area contributed by atoms with Crippen LogP contribution < -0.4 is 11.1 Å². The number of carbonyl (C=O) groups is 1. The molecule has 0 spiro atoms. The van der Waals surface area contributed by atoms with Crippen LogP contribution in [0.25, 0.3) is 0 Å². The number of amides is 1. The van der Waals surface area contributed by atoms with Gasteiger partial charge in [-0.1, -0.05) is 15.9 Å². The van der Waals surface area contributed by atoms with Crippen LogP contribution in [0.4, 0.5) is 5.69 Å². The van der Waals surface area contributed by atoms with Gasteiger partial charge in [0.15, 0.2) is 0 Å². The molecule has 0 bridgehead atoms. The van der Waals surface area contributed by atoms with Gasteiger partial charge in [0.2, 0.25) is 5.91 Å². The Morgan fingerprint density at radius 3 is 3.00 bits per heavy atom. The first-order valence-electron chi connectivity index (χ1n) is 4.52. The van der Waals surface area contributed by atoms with Gasteiger partial charge in [-0.2, -0.15) is 0 Å². The Labute approximate surface area is 90.8 Å². The quantitative estimate of drug-likeness (QED) is 0.847. The lowest BCUT2D eigenvalue weighted by atomic mass is 9.97. The number of benzene rings is 1. The molecule has 0 aromatic heterocycles. The van der Waals surface area contributed by atoms with E-state index in [1.807, 2.05) is 18.2 Å². The van der Waals surface area contributed by atoms with E-state index in [-0.39, 0.29) is 11.8 Å². The number of anilines is 1. The van der Waals surface area contributed by atoms with Crippen molar-refractivity contribution in [2.45, 2.75) is 12.3 Å². The zero-order chi connectivity index (χ0) is 10.1. The normalized spacial score (nSPS) is 19.3. The summed E-state index contributed by atoms with van der Waals surface area (Å²) < 4.78 is 0.995. The highest BCUT2D eigenvalue weighted by atomic mass is 79.9. The number of carbonyl (C=O) groups excluding carboxylic acids is 1. The van der Waals surface area contributed by atoms with Crippen molar-refractivity contribution in [2.24, 2.45) is 5.73 Å². The molecule has 14 heavy (non-hydrogen) atoms. The molecule has 0 radical (unpaired) electrons. The number of rotatable bonds is 2. The van der Waals surface area contributed by atoms with Crippen LogP contribution in [0.5, 0.6) is 0 Å². The molecule has 0 saturated heterocycles. The molecular formula is C10H11BrN2O. The first kappa shape index (κ1) is 9.68. The van der Waals surface area contributed by atoms with Crippen molar-refractivity contribution in [3.63, 3.8) is 0 Å². The first-order valence-corrected chi connectivity index (χ1v) is 5.32. The van der Waals surface area contributed by atoms with Crippen LogP contribution in [0.2, 0.25) is 0 Å². The van der Waals surface area contributed by atoms with E-state index in [1.165, 1.54) is 0 Å². The molecule has 2 rings (SSSR count). The second-order valence-corrected chi connectivity index (χ2v) is 4.27. The number of nitrogens with one attached hydrogen (secondary N) is 1. The molecule has 74 valence electrons. The second-order valence-electron chi connectivity index (χ2n) is 3.35. The van der Waals surface area contributed by atoms with Gasteiger partial charge in [-0.15, -0.1) is 0 Å². The molecule has 1 aliphatic rings. The number of halogens is 1. The highest BCUT2D eigenvalue weighted by Crippen LogP contribution is 2.35. The molecule has 1 atom stereocenters. The zero-order valence-electron chi connectivity index (χ0n) is 7.59. The summed E-state index contributed by atoms with van der Waals surface area (Å²) in [6.45, 7) is 0.532. The lowest BCUT2D eigenvalue weighted by Crippen LogP contribution is -2.15. The number of hydrogen-bond donors (Lipinski definition) is 2. The molecule has 1 heterocycles. The average molecular weight is 255 g/mol. The second kappa shape index (κ2) is 3.71. The van der Waals surface area contributed by atoms with Crippen molar-refractivity contribution in [3.8, 4) is 0 Å². The zero-order valence-corrected chi connectivity index (χ0v) is 9.17. The Morgan fingerprint density at radius 2 is 2.29 bits per heavy atom. The largest absolute Gasteiger partial charge is 0.330 e. The monoisotopic (exact) mass is 254 g/mol. The number of fused-ring (bicyclic) bond motifs is 1. The molecule has 0 saturated carbocycles. The van der Waals surface area contributed by atoms with Gasteiger partial charge in [0.25, 0.3) is 0 Å². The van der Waals surface area contributed by atoms with E-state index in [2.05, 4.69) is 21.2 Å². The van der Waals surface area contributed by atoms with Crippen LogP contribution in [0, 0.1) is 0 Å². The summed E-state index contributed by atoms with van der Waals surface area (Å²) in [5, 5.41) is 2.84.